The minimum atomic E-state index is -3.19. The first-order chi connectivity index (χ1) is 9.85. The lowest BCUT2D eigenvalue weighted by atomic mass is 9.96. The molecule has 112 valence electrons. The lowest BCUT2D eigenvalue weighted by Gasteiger charge is -2.22. The van der Waals surface area contributed by atoms with Crippen molar-refractivity contribution in [2.45, 2.75) is 33.4 Å². The fraction of sp³-hybridized carbons (Fsp3) is 0.333. The van der Waals surface area contributed by atoms with Gasteiger partial charge < -0.3 is 4.89 Å². The summed E-state index contributed by atoms with van der Waals surface area (Å²) >= 11 is 0. The van der Waals surface area contributed by atoms with Crippen LogP contribution in [0.2, 0.25) is 0 Å². The lowest BCUT2D eigenvalue weighted by Crippen LogP contribution is -2.11. The van der Waals surface area contributed by atoms with Crippen LogP contribution in [0.4, 0.5) is 0 Å². The fourth-order valence-electron chi connectivity index (χ4n) is 2.83. The second-order valence-corrected chi connectivity index (χ2v) is 8.42. The highest BCUT2D eigenvalue weighted by Crippen LogP contribution is 2.51. The van der Waals surface area contributed by atoms with Crippen molar-refractivity contribution in [3.63, 3.8) is 0 Å². The molecule has 0 aromatic heterocycles. The number of rotatable bonds is 3. The average Bonchev–Trinajstić information content (AvgIpc) is 2.43. The van der Waals surface area contributed by atoms with Crippen molar-refractivity contribution in [1.29, 1.82) is 0 Å². The minimum absolute atomic E-state index is 0.291. The molecule has 1 aliphatic carbocycles. The Kier molecular flexibility index (Phi) is 4.70. The van der Waals surface area contributed by atoms with Crippen molar-refractivity contribution in [3.8, 4) is 0 Å². The van der Waals surface area contributed by atoms with Crippen LogP contribution in [0, 0.1) is 20.8 Å². The molecule has 1 aromatic carbocycles. The molecule has 0 amide bonds. The van der Waals surface area contributed by atoms with E-state index in [9.17, 15) is 9.46 Å². The van der Waals surface area contributed by atoms with E-state index in [0.29, 0.717) is 6.16 Å². The summed E-state index contributed by atoms with van der Waals surface area (Å²) in [7, 11) is -3.19. The van der Waals surface area contributed by atoms with E-state index >= 15 is 0 Å². The third kappa shape index (κ3) is 3.45. The molecule has 21 heavy (non-hydrogen) atoms. The van der Waals surface area contributed by atoms with Crippen LogP contribution in [0.15, 0.2) is 42.0 Å². The van der Waals surface area contributed by atoms with Crippen molar-refractivity contribution >= 4 is 13.4 Å². The molecule has 2 atom stereocenters. The first kappa shape index (κ1) is 16.0. The van der Waals surface area contributed by atoms with E-state index in [4.69, 9.17) is 0 Å². The predicted octanol–water partition coefficient (Wildman–Crippen LogP) is 4.78. The Morgan fingerprint density at radius 3 is 2.38 bits per heavy atom. The normalized spacial score (nSPS) is 22.5. The Morgan fingerprint density at radius 2 is 1.81 bits per heavy atom. The zero-order valence-corrected chi connectivity index (χ0v) is 14.0. The van der Waals surface area contributed by atoms with Crippen LogP contribution in [-0.2, 0) is 4.57 Å². The maximum Gasteiger partial charge on any atom is 0.211 e. The molecular formula is C18H23O2P. The van der Waals surface area contributed by atoms with Gasteiger partial charge in [0.1, 0.15) is 0 Å². The van der Waals surface area contributed by atoms with Crippen molar-refractivity contribution in [2.75, 3.05) is 6.16 Å². The molecule has 1 aliphatic rings. The molecule has 1 N–H and O–H groups in total. The number of aryl methyl sites for hydroxylation is 3. The summed E-state index contributed by atoms with van der Waals surface area (Å²) in [5.74, 6) is 0. The number of hydrogen-bond acceptors (Lipinski definition) is 1. The Morgan fingerprint density at radius 1 is 1.19 bits per heavy atom. The van der Waals surface area contributed by atoms with Gasteiger partial charge in [-0.15, -0.1) is 0 Å². The van der Waals surface area contributed by atoms with Gasteiger partial charge in [0.25, 0.3) is 0 Å². The predicted molar refractivity (Wildman–Crippen MR) is 91.1 cm³/mol. The molecule has 0 heterocycles. The van der Waals surface area contributed by atoms with Crippen molar-refractivity contribution in [1.82, 2.24) is 0 Å². The Balaban J connectivity index is 2.51. The summed E-state index contributed by atoms with van der Waals surface area (Å²) in [6.45, 7) is 8.03. The molecule has 2 rings (SSSR count). The molecule has 0 radical (unpaired) electrons. The van der Waals surface area contributed by atoms with E-state index in [0.717, 1.165) is 11.1 Å². The topological polar surface area (TPSA) is 37.3 Å². The summed E-state index contributed by atoms with van der Waals surface area (Å²) in [6, 6.07) is 4.30. The van der Waals surface area contributed by atoms with Crippen LogP contribution in [0.5, 0.6) is 0 Å². The molecule has 0 aliphatic heterocycles. The first-order valence-electron chi connectivity index (χ1n) is 7.31. The zero-order valence-electron chi connectivity index (χ0n) is 13.1. The van der Waals surface area contributed by atoms with E-state index in [-0.39, 0.29) is 0 Å². The Labute approximate surface area is 127 Å². The SMILES string of the molecule is CCP(=O)(O)C1C=CC=CC1=Cc1c(C)cc(C)cc1C. The van der Waals surface area contributed by atoms with Gasteiger partial charge in [0, 0.05) is 6.16 Å². The highest BCUT2D eigenvalue weighted by molar-refractivity contribution is 7.59. The summed E-state index contributed by atoms with van der Waals surface area (Å²) in [6.07, 6.45) is 9.93. The summed E-state index contributed by atoms with van der Waals surface area (Å²) in [5, 5.41) is 0. The van der Waals surface area contributed by atoms with Gasteiger partial charge in [-0.3, -0.25) is 4.57 Å². The molecule has 3 heteroatoms. The molecule has 0 saturated heterocycles. The zero-order chi connectivity index (χ0) is 15.6. The number of allylic oxidation sites excluding steroid dienone is 5. The van der Waals surface area contributed by atoms with Crippen molar-refractivity contribution < 1.29 is 9.46 Å². The molecule has 1 aromatic rings. The summed E-state index contributed by atoms with van der Waals surface area (Å²) < 4.78 is 12.4. The van der Waals surface area contributed by atoms with Gasteiger partial charge in [0.2, 0.25) is 7.37 Å². The Hall–Kier alpha value is -1.37. The highest BCUT2D eigenvalue weighted by Gasteiger charge is 2.30. The maximum atomic E-state index is 12.4. The van der Waals surface area contributed by atoms with Crippen LogP contribution in [-0.4, -0.2) is 16.7 Å². The van der Waals surface area contributed by atoms with Gasteiger partial charge in [0.05, 0.1) is 5.66 Å². The summed E-state index contributed by atoms with van der Waals surface area (Å²) in [4.78, 5) is 10.2. The fourth-order valence-corrected chi connectivity index (χ4v) is 4.22. The number of hydrogen-bond donors (Lipinski definition) is 1. The van der Waals surface area contributed by atoms with E-state index in [2.05, 4.69) is 39.0 Å². The van der Waals surface area contributed by atoms with Crippen LogP contribution in [0.3, 0.4) is 0 Å². The van der Waals surface area contributed by atoms with E-state index in [1.807, 2.05) is 24.3 Å². The molecule has 0 bridgehead atoms. The standard InChI is InChI=1S/C18H23O2P/c1-5-21(19,20)18-9-7-6-8-16(18)12-17-14(3)10-13(2)11-15(17)4/h6-12,18H,5H2,1-4H3,(H,19,20). The van der Waals surface area contributed by atoms with Crippen molar-refractivity contribution in [2.24, 2.45) is 0 Å². The third-order valence-corrected chi connectivity index (χ3v) is 6.22. The molecule has 0 spiro atoms. The van der Waals surface area contributed by atoms with Crippen LogP contribution in [0.1, 0.15) is 29.2 Å². The van der Waals surface area contributed by atoms with Crippen LogP contribution >= 0.6 is 7.37 Å². The first-order valence-corrected chi connectivity index (χ1v) is 9.22. The lowest BCUT2D eigenvalue weighted by molar-refractivity contribution is 0.476. The van der Waals surface area contributed by atoms with Gasteiger partial charge in [-0.1, -0.05) is 55.0 Å². The van der Waals surface area contributed by atoms with Gasteiger partial charge in [-0.05, 0) is 43.0 Å². The third-order valence-electron chi connectivity index (χ3n) is 3.97. The Bertz CT molecular complexity index is 657. The average molecular weight is 302 g/mol. The summed E-state index contributed by atoms with van der Waals surface area (Å²) in [5.41, 5.74) is 5.31. The minimum Gasteiger partial charge on any atom is -0.344 e. The maximum absolute atomic E-state index is 12.4. The molecular weight excluding hydrogens is 279 g/mol. The van der Waals surface area contributed by atoms with E-state index < -0.39 is 13.0 Å². The molecule has 2 unspecified atom stereocenters. The molecule has 2 nitrogen and oxygen atoms in total. The quantitative estimate of drug-likeness (QED) is 0.816. The van der Waals surface area contributed by atoms with E-state index in [1.54, 1.807) is 6.92 Å². The number of benzene rings is 1. The van der Waals surface area contributed by atoms with Crippen LogP contribution < -0.4 is 0 Å². The van der Waals surface area contributed by atoms with Gasteiger partial charge in [-0.2, -0.15) is 0 Å². The van der Waals surface area contributed by atoms with Crippen molar-refractivity contribution in [3.05, 3.63) is 64.3 Å². The van der Waals surface area contributed by atoms with Crippen LogP contribution in [0.25, 0.3) is 6.08 Å². The van der Waals surface area contributed by atoms with Gasteiger partial charge >= 0.3 is 0 Å². The monoisotopic (exact) mass is 302 g/mol. The second kappa shape index (κ2) is 6.17. The smallest absolute Gasteiger partial charge is 0.211 e. The molecule has 0 fully saturated rings. The van der Waals surface area contributed by atoms with Gasteiger partial charge in [-0.25, -0.2) is 0 Å². The molecule has 0 saturated carbocycles. The van der Waals surface area contributed by atoms with Gasteiger partial charge in [0.15, 0.2) is 0 Å². The van der Waals surface area contributed by atoms with E-state index in [1.165, 1.54) is 16.7 Å². The largest absolute Gasteiger partial charge is 0.344 e. The highest BCUT2D eigenvalue weighted by atomic mass is 31.2. The second-order valence-electron chi connectivity index (χ2n) is 5.72.